The van der Waals surface area contributed by atoms with Gasteiger partial charge in [0.25, 0.3) is 0 Å². The Morgan fingerprint density at radius 1 is 1.17 bits per heavy atom. The lowest BCUT2D eigenvalue weighted by atomic mass is 10.1. The van der Waals surface area contributed by atoms with Crippen molar-refractivity contribution in [3.05, 3.63) is 60.9 Å². The van der Waals surface area contributed by atoms with Crippen LogP contribution in [0.5, 0.6) is 0 Å². The number of benzene rings is 1. The number of nitrogens with zero attached hydrogens (tertiary/aromatic N) is 3. The molecule has 6 nitrogen and oxygen atoms in total. The summed E-state index contributed by atoms with van der Waals surface area (Å²) in [5.41, 5.74) is 1.04. The third-order valence-electron chi connectivity index (χ3n) is 5.64. The van der Waals surface area contributed by atoms with Crippen LogP contribution in [0.25, 0.3) is 0 Å². The Bertz CT molecular complexity index is 947. The molecule has 4 rings (SSSR count). The van der Waals surface area contributed by atoms with Crippen molar-refractivity contribution >= 4 is 45.4 Å². The van der Waals surface area contributed by atoms with Crippen LogP contribution in [0.2, 0.25) is 10.0 Å². The first-order valence-corrected chi connectivity index (χ1v) is 11.6. The highest BCUT2D eigenvalue weighted by molar-refractivity contribution is 7.15. The zero-order valence-electron chi connectivity index (χ0n) is 16.4. The summed E-state index contributed by atoms with van der Waals surface area (Å²) < 4.78 is 0. The Labute approximate surface area is 189 Å². The molecule has 1 atom stereocenters. The molecule has 0 N–H and O–H groups in total. The van der Waals surface area contributed by atoms with Gasteiger partial charge in [0.2, 0.25) is 5.91 Å². The van der Waals surface area contributed by atoms with Crippen molar-refractivity contribution in [3.8, 4) is 0 Å². The number of amides is 1. The van der Waals surface area contributed by atoms with Gasteiger partial charge in [-0.1, -0.05) is 40.6 Å². The van der Waals surface area contributed by atoms with Crippen LogP contribution in [0.15, 0.2) is 30.3 Å². The molecular formula is C21H23Cl2N3O3S. The van der Waals surface area contributed by atoms with Crippen molar-refractivity contribution in [2.24, 2.45) is 11.8 Å². The maximum atomic E-state index is 12.4. The first-order chi connectivity index (χ1) is 14.4. The Hall–Kier alpha value is -1.67. The number of hydrogen-bond donors (Lipinski definition) is 0. The second-order valence-corrected chi connectivity index (χ2v) is 10.1. The Morgan fingerprint density at radius 3 is 2.63 bits per heavy atom. The van der Waals surface area contributed by atoms with Gasteiger partial charge in [0, 0.05) is 49.6 Å². The summed E-state index contributed by atoms with van der Waals surface area (Å²) >= 11 is 13.4. The van der Waals surface area contributed by atoms with E-state index >= 15 is 0 Å². The molecule has 1 saturated heterocycles. The average Bonchev–Trinajstić information content (AvgIpc) is 3.27. The van der Waals surface area contributed by atoms with Gasteiger partial charge in [-0.15, -0.1) is 0 Å². The lowest BCUT2D eigenvalue weighted by molar-refractivity contribution is -0.380. The van der Waals surface area contributed by atoms with E-state index in [9.17, 15) is 14.9 Å². The lowest BCUT2D eigenvalue weighted by Gasteiger charge is -2.25. The number of carbonyl (C=O) groups is 1. The predicted octanol–water partition coefficient (Wildman–Crippen LogP) is 5.22. The highest BCUT2D eigenvalue weighted by Gasteiger charge is 2.36. The van der Waals surface area contributed by atoms with Crippen molar-refractivity contribution in [3.63, 3.8) is 0 Å². The molecule has 2 heterocycles. The second kappa shape index (κ2) is 9.22. The summed E-state index contributed by atoms with van der Waals surface area (Å²) in [6.07, 6.45) is 3.04. The van der Waals surface area contributed by atoms with Crippen LogP contribution in [-0.4, -0.2) is 40.3 Å². The maximum Gasteiger partial charge on any atom is 0.324 e. The van der Waals surface area contributed by atoms with E-state index in [2.05, 4.69) is 4.90 Å². The summed E-state index contributed by atoms with van der Waals surface area (Å²) in [7, 11) is 0. The second-order valence-electron chi connectivity index (χ2n) is 8.13. The molecule has 2 fully saturated rings. The highest BCUT2D eigenvalue weighted by atomic mass is 35.5. The summed E-state index contributed by atoms with van der Waals surface area (Å²) in [4.78, 5) is 28.3. The molecular weight excluding hydrogens is 445 g/mol. The van der Waals surface area contributed by atoms with Gasteiger partial charge in [-0.2, -0.15) is 0 Å². The molecule has 0 radical (unpaired) electrons. The third-order valence-corrected chi connectivity index (χ3v) is 7.40. The molecule has 9 heteroatoms. The minimum atomic E-state index is -0.351. The summed E-state index contributed by atoms with van der Waals surface area (Å²) in [5, 5.41) is 12.2. The van der Waals surface area contributed by atoms with Crippen molar-refractivity contribution < 1.29 is 9.72 Å². The number of rotatable bonds is 8. The number of hydrogen-bond acceptors (Lipinski definition) is 5. The highest BCUT2D eigenvalue weighted by Crippen LogP contribution is 2.33. The predicted molar refractivity (Wildman–Crippen MR) is 119 cm³/mol. The fourth-order valence-corrected chi connectivity index (χ4v) is 5.17. The van der Waals surface area contributed by atoms with Crippen LogP contribution in [0.4, 0.5) is 5.00 Å². The Kier molecular flexibility index (Phi) is 6.63. The molecule has 1 aliphatic heterocycles. The SMILES string of the molecule is O=C(C1CC1)N1CCC(CN(Cc2ccc(Cl)c(Cl)c2)Cc2ccc([N+](=O)[O-])s2)C1. The molecule has 30 heavy (non-hydrogen) atoms. The van der Waals surface area contributed by atoms with Gasteiger partial charge in [-0.25, -0.2) is 0 Å². The fraction of sp³-hybridized carbons (Fsp3) is 0.476. The minimum absolute atomic E-state index is 0.154. The van der Waals surface area contributed by atoms with E-state index in [1.54, 1.807) is 12.1 Å². The number of nitro groups is 1. The number of thiophene rings is 1. The molecule has 2 aliphatic rings. The third kappa shape index (κ3) is 5.32. The Morgan fingerprint density at radius 2 is 1.97 bits per heavy atom. The van der Waals surface area contributed by atoms with Gasteiger partial charge in [-0.05, 0) is 48.9 Å². The number of likely N-dealkylation sites (tertiary alicyclic amines) is 1. The molecule has 1 aromatic carbocycles. The molecule has 160 valence electrons. The number of carbonyl (C=O) groups excluding carboxylic acids is 1. The van der Waals surface area contributed by atoms with Gasteiger partial charge in [0.15, 0.2) is 0 Å². The van der Waals surface area contributed by atoms with Crippen LogP contribution >= 0.6 is 34.5 Å². The van der Waals surface area contributed by atoms with E-state index in [0.717, 1.165) is 49.3 Å². The van der Waals surface area contributed by atoms with Crippen molar-refractivity contribution in [1.82, 2.24) is 9.80 Å². The van der Waals surface area contributed by atoms with E-state index in [-0.39, 0.29) is 15.8 Å². The minimum Gasteiger partial charge on any atom is -0.342 e. The molecule has 1 aliphatic carbocycles. The molecule has 1 saturated carbocycles. The van der Waals surface area contributed by atoms with Gasteiger partial charge in [-0.3, -0.25) is 19.8 Å². The smallest absolute Gasteiger partial charge is 0.324 e. The summed E-state index contributed by atoms with van der Waals surface area (Å²) in [6.45, 7) is 3.71. The first-order valence-electron chi connectivity index (χ1n) is 10.1. The molecule has 0 bridgehead atoms. The first kappa shape index (κ1) is 21.6. The van der Waals surface area contributed by atoms with Gasteiger partial charge in [0.05, 0.1) is 15.0 Å². The van der Waals surface area contributed by atoms with Crippen molar-refractivity contribution in [2.75, 3.05) is 19.6 Å². The quantitative estimate of drug-likeness (QED) is 0.393. The van der Waals surface area contributed by atoms with Gasteiger partial charge >= 0.3 is 5.00 Å². The fourth-order valence-electron chi connectivity index (χ4n) is 3.99. The van der Waals surface area contributed by atoms with E-state index in [1.165, 1.54) is 11.3 Å². The van der Waals surface area contributed by atoms with Crippen LogP contribution < -0.4 is 0 Å². The zero-order valence-corrected chi connectivity index (χ0v) is 18.8. The van der Waals surface area contributed by atoms with Gasteiger partial charge in [0.1, 0.15) is 0 Å². The normalized spacial score (nSPS) is 18.9. The van der Waals surface area contributed by atoms with Crippen molar-refractivity contribution in [1.29, 1.82) is 0 Å². The van der Waals surface area contributed by atoms with Crippen LogP contribution in [0, 0.1) is 22.0 Å². The molecule has 0 spiro atoms. The van der Waals surface area contributed by atoms with Crippen LogP contribution in [0.3, 0.4) is 0 Å². The summed E-state index contributed by atoms with van der Waals surface area (Å²) in [6, 6.07) is 8.99. The molecule has 1 amide bonds. The van der Waals surface area contributed by atoms with E-state index in [1.807, 2.05) is 23.1 Å². The molecule has 1 aromatic heterocycles. The standard InChI is InChI=1S/C21H23Cl2N3O3S/c22-18-5-1-14(9-19(18)23)10-24(13-17-4-6-20(30-17)26(28)29)11-15-7-8-25(12-15)21(27)16-2-3-16/h1,4-6,9,15-16H,2-3,7-8,10-13H2. The largest absolute Gasteiger partial charge is 0.342 e. The van der Waals surface area contributed by atoms with Crippen LogP contribution in [-0.2, 0) is 17.9 Å². The molecule has 1 unspecified atom stereocenters. The van der Waals surface area contributed by atoms with Crippen molar-refractivity contribution in [2.45, 2.75) is 32.4 Å². The van der Waals surface area contributed by atoms with Crippen LogP contribution in [0.1, 0.15) is 29.7 Å². The lowest BCUT2D eigenvalue weighted by Crippen LogP contribution is -2.33. The molecule has 2 aromatic rings. The zero-order chi connectivity index (χ0) is 21.3. The number of halogens is 2. The van der Waals surface area contributed by atoms with Gasteiger partial charge < -0.3 is 4.90 Å². The Balaban J connectivity index is 1.45. The van der Waals surface area contributed by atoms with E-state index in [4.69, 9.17) is 23.2 Å². The van der Waals surface area contributed by atoms with E-state index in [0.29, 0.717) is 35.0 Å². The van der Waals surface area contributed by atoms with E-state index < -0.39 is 0 Å². The summed E-state index contributed by atoms with van der Waals surface area (Å²) in [5.74, 6) is 0.954. The maximum absolute atomic E-state index is 12.4. The topological polar surface area (TPSA) is 66.7 Å². The average molecular weight is 468 g/mol. The monoisotopic (exact) mass is 467 g/mol.